The predicted octanol–water partition coefficient (Wildman–Crippen LogP) is 4.86. The minimum Gasteiger partial charge on any atom is -0.490 e. The fourth-order valence-electron chi connectivity index (χ4n) is 4.77. The van der Waals surface area contributed by atoms with Crippen molar-refractivity contribution in [2.24, 2.45) is 5.73 Å². The Morgan fingerprint density at radius 2 is 1.88 bits per heavy atom. The zero-order valence-corrected chi connectivity index (χ0v) is 20.2. The monoisotopic (exact) mass is 477 g/mol. The first-order valence-corrected chi connectivity index (χ1v) is 11.3. The number of carbonyl (C=O) groups excluding carboxylic acids is 1. The lowest BCUT2D eigenvalue weighted by atomic mass is 9.76. The number of hydrogen-bond acceptors (Lipinski definition) is 5. The lowest BCUT2D eigenvalue weighted by Gasteiger charge is -2.30. The van der Waals surface area contributed by atoms with Crippen molar-refractivity contribution in [1.29, 1.82) is 0 Å². The van der Waals surface area contributed by atoms with Gasteiger partial charge in [-0.1, -0.05) is 24.6 Å². The Morgan fingerprint density at radius 1 is 1.15 bits per heavy atom. The van der Waals surface area contributed by atoms with Crippen molar-refractivity contribution in [2.45, 2.75) is 75.5 Å². The topological polar surface area (TPSA) is 81.8 Å². The van der Waals surface area contributed by atoms with Crippen LogP contribution in [-0.4, -0.2) is 36.4 Å². The first-order chi connectivity index (χ1) is 15.2. The fraction of sp³-hybridized carbons (Fsp3) is 0.500. The van der Waals surface area contributed by atoms with Gasteiger partial charge in [0.05, 0.1) is 18.6 Å². The molecule has 0 spiro atoms. The van der Waals surface area contributed by atoms with Gasteiger partial charge < -0.3 is 20.3 Å². The highest BCUT2D eigenvalue weighted by Crippen LogP contribution is 2.46. The smallest absolute Gasteiger partial charge is 0.315 e. The summed E-state index contributed by atoms with van der Waals surface area (Å²) in [5.41, 5.74) is 8.11. The first-order valence-electron chi connectivity index (χ1n) is 11.3. The number of benzene rings is 2. The van der Waals surface area contributed by atoms with Crippen LogP contribution in [0.5, 0.6) is 5.75 Å². The molecule has 0 bridgehead atoms. The van der Waals surface area contributed by atoms with E-state index in [-0.39, 0.29) is 42.3 Å². The van der Waals surface area contributed by atoms with E-state index in [1.807, 2.05) is 38.1 Å². The van der Waals surface area contributed by atoms with Gasteiger partial charge in [0.2, 0.25) is 0 Å². The third-order valence-electron chi connectivity index (χ3n) is 7.08. The molecule has 0 radical (unpaired) electrons. The Hall–Kier alpha value is -2.15. The van der Waals surface area contributed by atoms with Crippen LogP contribution in [0.1, 0.15) is 63.0 Å². The van der Waals surface area contributed by atoms with Crippen LogP contribution in [0.25, 0.3) is 11.1 Å². The van der Waals surface area contributed by atoms with E-state index in [9.17, 15) is 14.3 Å². The largest absolute Gasteiger partial charge is 0.490 e. The molecule has 2 saturated carbocycles. The summed E-state index contributed by atoms with van der Waals surface area (Å²) < 4.78 is 26.3. The summed E-state index contributed by atoms with van der Waals surface area (Å²) >= 11 is 0. The predicted molar refractivity (Wildman–Crippen MR) is 128 cm³/mol. The van der Waals surface area contributed by atoms with Gasteiger partial charge in [0.15, 0.2) is 0 Å². The molecule has 3 atom stereocenters. The van der Waals surface area contributed by atoms with E-state index in [1.165, 1.54) is 13.2 Å². The Balaban J connectivity index is 0.00000306. The van der Waals surface area contributed by atoms with Gasteiger partial charge in [0.1, 0.15) is 17.7 Å². The highest BCUT2D eigenvalue weighted by molar-refractivity contribution is 5.85. The molecule has 2 aliphatic carbocycles. The number of ether oxygens (including phenoxy) is 2. The minimum atomic E-state index is -0.877. The molecule has 3 N–H and O–H groups in total. The van der Waals surface area contributed by atoms with Crippen LogP contribution in [-0.2, 0) is 14.9 Å². The van der Waals surface area contributed by atoms with Gasteiger partial charge in [-0.25, -0.2) is 4.39 Å². The Labute approximate surface area is 200 Å². The van der Waals surface area contributed by atoms with Gasteiger partial charge in [0, 0.05) is 24.4 Å². The number of carbonyl (C=O) groups is 1. The van der Waals surface area contributed by atoms with Crippen molar-refractivity contribution in [3.63, 3.8) is 0 Å². The van der Waals surface area contributed by atoms with Crippen LogP contribution in [0, 0.1) is 5.82 Å². The maximum atomic E-state index is 15.0. The molecular weight excluding hydrogens is 445 g/mol. The second-order valence-corrected chi connectivity index (χ2v) is 9.60. The number of esters is 1. The maximum absolute atomic E-state index is 15.0. The molecule has 0 amide bonds. The quantitative estimate of drug-likeness (QED) is 0.580. The molecule has 4 rings (SSSR count). The van der Waals surface area contributed by atoms with Gasteiger partial charge in [-0.15, -0.1) is 12.4 Å². The third-order valence-corrected chi connectivity index (χ3v) is 7.08. The molecule has 2 aromatic carbocycles. The molecule has 0 aliphatic heterocycles. The summed E-state index contributed by atoms with van der Waals surface area (Å²) in [5, 5.41) is 10.1. The van der Waals surface area contributed by atoms with Crippen molar-refractivity contribution in [1.82, 2.24) is 0 Å². The summed E-state index contributed by atoms with van der Waals surface area (Å²) in [7, 11) is 1.37. The molecule has 2 aliphatic rings. The molecule has 33 heavy (non-hydrogen) atoms. The van der Waals surface area contributed by atoms with Crippen LogP contribution < -0.4 is 10.5 Å². The van der Waals surface area contributed by atoms with Crippen molar-refractivity contribution in [3.05, 3.63) is 53.3 Å². The second kappa shape index (κ2) is 10.00. The Bertz CT molecular complexity index is 998. The Kier molecular flexibility index (Phi) is 7.72. The number of aliphatic hydroxyl groups is 1. The SMILES string of the molecule is COC(=O)C(C)(C)c1ccc(O[C@@H]2C[C@@H](O)[C@@H](N)C2)c(-c2cccc(F)c2C2CCC2)c1.Cl. The molecule has 0 saturated heterocycles. The summed E-state index contributed by atoms with van der Waals surface area (Å²) in [6.07, 6.45) is 3.19. The number of halogens is 2. The van der Waals surface area contributed by atoms with Gasteiger partial charge in [-0.05, 0) is 67.5 Å². The summed E-state index contributed by atoms with van der Waals surface area (Å²) in [4.78, 5) is 12.4. The van der Waals surface area contributed by atoms with Crippen molar-refractivity contribution in [3.8, 4) is 16.9 Å². The lowest BCUT2D eigenvalue weighted by molar-refractivity contribution is -0.146. The summed E-state index contributed by atoms with van der Waals surface area (Å²) in [5.74, 6) is 0.222. The van der Waals surface area contributed by atoms with Gasteiger partial charge >= 0.3 is 5.97 Å². The van der Waals surface area contributed by atoms with E-state index in [0.717, 1.165) is 36.0 Å². The summed E-state index contributed by atoms with van der Waals surface area (Å²) in [6.45, 7) is 3.62. The number of nitrogens with two attached hydrogens (primary N) is 1. The van der Waals surface area contributed by atoms with Gasteiger partial charge in [0.25, 0.3) is 0 Å². The molecule has 2 fully saturated rings. The van der Waals surface area contributed by atoms with Crippen molar-refractivity contribution < 1.29 is 23.8 Å². The van der Waals surface area contributed by atoms with E-state index in [1.54, 1.807) is 6.07 Å². The number of hydrogen-bond donors (Lipinski definition) is 2. The normalized spacial score (nSPS) is 22.9. The molecule has 7 heteroatoms. The zero-order chi connectivity index (χ0) is 23.0. The molecule has 5 nitrogen and oxygen atoms in total. The second-order valence-electron chi connectivity index (χ2n) is 9.60. The van der Waals surface area contributed by atoms with E-state index >= 15 is 0 Å². The highest BCUT2D eigenvalue weighted by Gasteiger charge is 2.35. The maximum Gasteiger partial charge on any atom is 0.315 e. The van der Waals surface area contributed by atoms with E-state index in [0.29, 0.717) is 24.2 Å². The van der Waals surface area contributed by atoms with Crippen molar-refractivity contribution in [2.75, 3.05) is 7.11 Å². The van der Waals surface area contributed by atoms with E-state index in [4.69, 9.17) is 15.2 Å². The van der Waals surface area contributed by atoms with Crippen LogP contribution in [0.2, 0.25) is 0 Å². The van der Waals surface area contributed by atoms with E-state index < -0.39 is 11.5 Å². The van der Waals surface area contributed by atoms with Crippen LogP contribution in [0.3, 0.4) is 0 Å². The van der Waals surface area contributed by atoms with Gasteiger partial charge in [-0.3, -0.25) is 4.79 Å². The van der Waals surface area contributed by atoms with Crippen LogP contribution in [0.4, 0.5) is 4.39 Å². The standard InChI is InChI=1S/C26H32FNO4.ClH/c1-26(2,25(30)31-3)16-10-11-23(32-17-13-21(28)22(29)14-17)19(12-16)18-8-5-9-20(27)24(18)15-6-4-7-15;/h5,8-12,15,17,21-22,29H,4,6-7,13-14,28H2,1-3H3;1H/t17-,21-,22+;/m0./s1. The minimum absolute atomic E-state index is 0. The molecule has 0 heterocycles. The number of aliphatic hydroxyl groups excluding tert-OH is 1. The van der Waals surface area contributed by atoms with Crippen molar-refractivity contribution >= 4 is 18.4 Å². The Morgan fingerprint density at radius 3 is 2.45 bits per heavy atom. The fourth-order valence-corrected chi connectivity index (χ4v) is 4.77. The average Bonchev–Trinajstić information content (AvgIpc) is 3.04. The highest BCUT2D eigenvalue weighted by atomic mass is 35.5. The lowest BCUT2D eigenvalue weighted by Crippen LogP contribution is -2.30. The van der Waals surface area contributed by atoms with Gasteiger partial charge in [-0.2, -0.15) is 0 Å². The number of rotatable bonds is 6. The third kappa shape index (κ3) is 4.88. The average molecular weight is 478 g/mol. The summed E-state index contributed by atoms with van der Waals surface area (Å²) in [6, 6.07) is 10.4. The van der Waals surface area contributed by atoms with E-state index in [2.05, 4.69) is 0 Å². The van der Waals surface area contributed by atoms with Crippen LogP contribution >= 0.6 is 12.4 Å². The van der Waals surface area contributed by atoms with Crippen LogP contribution in [0.15, 0.2) is 36.4 Å². The molecular formula is C26H33ClFNO4. The molecule has 0 unspecified atom stereocenters. The first kappa shape index (κ1) is 25.5. The molecule has 0 aromatic heterocycles. The molecule has 2 aromatic rings. The molecule has 180 valence electrons. The number of methoxy groups -OCH3 is 1. The zero-order valence-electron chi connectivity index (χ0n) is 19.3.